The van der Waals surface area contributed by atoms with Gasteiger partial charge in [-0.15, -0.1) is 4.33 Å². The third kappa shape index (κ3) is 10.8. The van der Waals surface area contributed by atoms with Crippen LogP contribution < -0.4 is 30.6 Å². The van der Waals surface area contributed by atoms with Crippen molar-refractivity contribution in [1.82, 2.24) is 64.5 Å². The monoisotopic (exact) mass is 1100 g/mol. The summed E-state index contributed by atoms with van der Waals surface area (Å²) in [6, 6.07) is 30.9. The molecule has 74 heavy (non-hydrogen) atoms. The molecule has 6 N–H and O–H groups in total. The number of fused-ring (bicyclic) bond motifs is 20. The Morgan fingerprint density at radius 1 is 0.689 bits per heavy atom. The third-order valence-electron chi connectivity index (χ3n) is 10.7. The number of nitrogens with zero attached hydrogens (tertiary/aromatic N) is 13. The number of hydrogen-bond acceptors (Lipinski definition) is 21. The number of hydrogen-bond donors (Lipinski definition) is 5. The van der Waals surface area contributed by atoms with E-state index in [1.165, 1.54) is 11.0 Å². The van der Waals surface area contributed by atoms with Crippen molar-refractivity contribution < 1.29 is 53.1 Å². The molecule has 381 valence electrons. The molecule has 5 aromatic heterocycles. The zero-order valence-electron chi connectivity index (χ0n) is 37.9. The first kappa shape index (κ1) is 52.7. The average molecular weight is 1100 g/mol. The van der Waals surface area contributed by atoms with Crippen LogP contribution >= 0.6 is 12.0 Å². The Labute approximate surface area is 436 Å². The predicted octanol–water partition coefficient (Wildman–Crippen LogP) is 6.75. The molecular weight excluding hydrogens is 1060 g/mol. The second kappa shape index (κ2) is 21.5. The molecule has 12 rings (SSSR count). The van der Waals surface area contributed by atoms with Crippen molar-refractivity contribution >= 4 is 99.9 Å². The number of nitrogens with one attached hydrogen (secondary N) is 2. The molecule has 1 fully saturated rings. The smallest absolute Gasteiger partial charge is 0.368 e. The molecule has 0 amide bonds. The maximum Gasteiger partial charge on any atom is 2.00 e. The summed E-state index contributed by atoms with van der Waals surface area (Å²) in [5, 5.41) is 18.0. The van der Waals surface area contributed by atoms with Gasteiger partial charge in [0.2, 0.25) is 27.9 Å². The Bertz CT molecular complexity index is 3700. The van der Waals surface area contributed by atoms with Crippen LogP contribution in [0.3, 0.4) is 0 Å². The van der Waals surface area contributed by atoms with E-state index >= 15 is 0 Å². The first-order valence-electron chi connectivity index (χ1n) is 21.5. The van der Waals surface area contributed by atoms with Crippen molar-refractivity contribution in [3.63, 3.8) is 0 Å². The number of sulfonamides is 1. The molecule has 0 aliphatic carbocycles. The van der Waals surface area contributed by atoms with Gasteiger partial charge in [-0.25, -0.2) is 23.6 Å². The molecule has 1 unspecified atom stereocenters. The molecule has 8 heterocycles. The molecule has 3 aliphatic heterocycles. The van der Waals surface area contributed by atoms with Gasteiger partial charge in [-0.05, 0) is 51.9 Å². The second-order valence-electron chi connectivity index (χ2n) is 15.4. The molecule has 3 aliphatic rings. The van der Waals surface area contributed by atoms with E-state index in [-0.39, 0.29) is 52.9 Å². The van der Waals surface area contributed by atoms with E-state index < -0.39 is 31.2 Å². The Hall–Kier alpha value is -7.63. The molecule has 0 saturated carbocycles. The number of pyridine rings is 1. The molecule has 1 saturated heterocycles. The van der Waals surface area contributed by atoms with Gasteiger partial charge in [-0.2, -0.15) is 28.1 Å². The van der Waals surface area contributed by atoms with Crippen LogP contribution in [0, 0.1) is 0 Å². The Morgan fingerprint density at radius 3 is 1.74 bits per heavy atom. The largest absolute Gasteiger partial charge is 2.00 e. The van der Waals surface area contributed by atoms with Crippen LogP contribution in [0.1, 0.15) is 21.3 Å². The van der Waals surface area contributed by atoms with Crippen LogP contribution in [0.2, 0.25) is 0 Å². The summed E-state index contributed by atoms with van der Waals surface area (Å²) in [4.78, 5) is 56.8. The average Bonchev–Trinajstić information content (AvgIpc) is 3.57. The van der Waals surface area contributed by atoms with Crippen LogP contribution in [0.4, 0.5) is 23.5 Å². The van der Waals surface area contributed by atoms with E-state index in [0.717, 1.165) is 56.6 Å². The van der Waals surface area contributed by atoms with E-state index in [9.17, 15) is 21.4 Å². The predicted molar refractivity (Wildman–Crippen MR) is 273 cm³/mol. The third-order valence-corrected chi connectivity index (χ3v) is 12.9. The molecule has 28 heteroatoms. The van der Waals surface area contributed by atoms with E-state index in [0.29, 0.717) is 70.2 Å². The van der Waals surface area contributed by atoms with Crippen LogP contribution in [0.15, 0.2) is 119 Å². The van der Waals surface area contributed by atoms with Gasteiger partial charge in [0.05, 0.1) is 57.8 Å². The summed E-state index contributed by atoms with van der Waals surface area (Å²) >= 11 is 0.519. The zero-order chi connectivity index (χ0) is 50.3. The number of anilines is 4. The number of nitrogens with two attached hydrogens (primary N) is 1. The Kier molecular flexibility index (Phi) is 15.3. The van der Waals surface area contributed by atoms with Crippen LogP contribution in [0.25, 0.3) is 89.8 Å². The van der Waals surface area contributed by atoms with E-state index in [1.54, 1.807) is 6.20 Å². The number of nitrogen functional groups attached to an aromatic ring is 1. The van der Waals surface area contributed by atoms with Gasteiger partial charge < -0.3 is 45.9 Å². The molecule has 24 nitrogen and oxygen atoms in total. The summed E-state index contributed by atoms with van der Waals surface area (Å²) in [7, 11) is -7.96. The molecule has 9 aromatic rings. The summed E-state index contributed by atoms with van der Waals surface area (Å²) in [6.45, 7) is 4.30. The van der Waals surface area contributed by atoms with Crippen LogP contribution in [-0.2, 0) is 46.6 Å². The first-order valence-corrected chi connectivity index (χ1v) is 25.6. The molecule has 1 radical (unpaired) electrons. The van der Waals surface area contributed by atoms with Gasteiger partial charge in [-0.1, -0.05) is 99.1 Å². The van der Waals surface area contributed by atoms with Crippen molar-refractivity contribution in [2.75, 3.05) is 28.8 Å². The fraction of sp³-hybridized carbons (Fsp3) is 0.130. The molecule has 0 spiro atoms. The van der Waals surface area contributed by atoms with Crippen molar-refractivity contribution in [2.24, 2.45) is 0 Å². The SMILES string of the molecule is C.CC.CS(=O)(=O)NC1CN1c1nc(N)nc(Nc2cc(S(=O)(=O)O)ccc2SOOO)n1.[Cu+2].c1ccc2c(c1)-c1nc-2nc2[n-]c(nc3nc(nc4[n-]c(n1)c1ccccc41)-c1cccnc1-3)c1ccccc21. The zero-order valence-corrected chi connectivity index (χ0v) is 41.3. The van der Waals surface area contributed by atoms with Crippen molar-refractivity contribution in [2.45, 2.75) is 37.2 Å². The molecule has 8 bridgehead atoms. The summed E-state index contributed by atoms with van der Waals surface area (Å²) in [6.07, 6.45) is 2.19. The number of rotatable bonds is 9. The summed E-state index contributed by atoms with van der Waals surface area (Å²) < 4.78 is 61.5. The minimum atomic E-state index is -4.52. The quantitative estimate of drug-likeness (QED) is 0.0249. The van der Waals surface area contributed by atoms with Gasteiger partial charge >= 0.3 is 17.1 Å². The summed E-state index contributed by atoms with van der Waals surface area (Å²) in [5.41, 5.74) is 11.0. The topological polar surface area (TPSA) is 337 Å². The van der Waals surface area contributed by atoms with Gasteiger partial charge in [0.15, 0.2) is 0 Å². The van der Waals surface area contributed by atoms with Crippen molar-refractivity contribution in [3.05, 3.63) is 109 Å². The number of benzene rings is 4. The molecule has 1 atom stereocenters. The van der Waals surface area contributed by atoms with Crippen molar-refractivity contribution in [3.8, 4) is 45.7 Å². The standard InChI is InChI=1S/C31H15N9.C12H15N7O8S3.C2H6.CH4.Cu/c1-2-9-17-16(8-1)24-33-25(17)35-27-20-12-5-6-13-21(20)29(37-27)39-31-23-22(14-7-15-32-23)30(40-31)38-28-19-11-4-3-10-18(19)26(34-24)36-28;1-29(21,22)18-9-5-19(9)12-16-10(13)15-11(17-12)14-7-4-6(30(23,24)25)2-3-8(7)28-27-26-20;1-2;;/h1-15H;2-4,9,18,20H,5H2,1H3,(H,23,24,25)(H3,13,14,15,16,17);1-2H3;1H4;/q-2;;;;+2. The van der Waals surface area contributed by atoms with Crippen molar-refractivity contribution in [1.29, 1.82) is 0 Å². The Morgan fingerprint density at radius 2 is 1.20 bits per heavy atom. The fourth-order valence-corrected chi connectivity index (χ4v) is 9.25. The maximum absolute atomic E-state index is 11.4. The normalized spacial score (nSPS) is 13.3. The van der Waals surface area contributed by atoms with E-state index in [2.05, 4.69) is 39.3 Å². The molecular formula is C46H40CuN16O8S3. The van der Waals surface area contributed by atoms with Gasteiger partial charge in [0.25, 0.3) is 10.1 Å². The van der Waals surface area contributed by atoms with Gasteiger partial charge in [-0.3, -0.25) is 9.54 Å². The van der Waals surface area contributed by atoms with Gasteiger partial charge in [0, 0.05) is 45.5 Å². The van der Waals surface area contributed by atoms with E-state index in [4.69, 9.17) is 50.9 Å². The fourth-order valence-electron chi connectivity index (χ4n) is 7.62. The number of aromatic nitrogens is 12. The minimum absolute atomic E-state index is 0. The first-order chi connectivity index (χ1) is 34.8. The van der Waals surface area contributed by atoms with E-state index in [1.807, 2.05) is 98.8 Å². The second-order valence-corrected chi connectivity index (χ2v) is 19.3. The maximum atomic E-state index is 11.4. The Balaban J connectivity index is 0.000000194. The summed E-state index contributed by atoms with van der Waals surface area (Å²) in [5.74, 6) is 1.78. The van der Waals surface area contributed by atoms with Gasteiger partial charge in [0.1, 0.15) is 17.7 Å². The molecule has 4 aromatic carbocycles. The minimum Gasteiger partial charge on any atom is -0.368 e. The van der Waals surface area contributed by atoms with Crippen LogP contribution in [0.5, 0.6) is 0 Å². The van der Waals surface area contributed by atoms with Crippen LogP contribution in [-0.4, -0.2) is 95.5 Å².